The Morgan fingerprint density at radius 1 is 1.12 bits per heavy atom. The van der Waals surface area contributed by atoms with Gasteiger partial charge in [0.25, 0.3) is 0 Å². The molecule has 0 spiro atoms. The van der Waals surface area contributed by atoms with Gasteiger partial charge < -0.3 is 15.2 Å². The van der Waals surface area contributed by atoms with Crippen LogP contribution < -0.4 is 20.1 Å². The molecular weight excluding hydrogens is 421 g/mol. The normalized spacial score (nSPS) is 19.8. The van der Waals surface area contributed by atoms with Gasteiger partial charge >= 0.3 is 0 Å². The van der Waals surface area contributed by atoms with Crippen LogP contribution in [-0.4, -0.2) is 20.0 Å². The fraction of sp³-hybridized carbons (Fsp3) is 0.308. The van der Waals surface area contributed by atoms with Crippen molar-refractivity contribution < 1.29 is 18.7 Å². The summed E-state index contributed by atoms with van der Waals surface area (Å²) in [5.41, 5.74) is 8.38. The van der Waals surface area contributed by atoms with Gasteiger partial charge in [-0.2, -0.15) is 5.26 Å². The minimum absolute atomic E-state index is 0.0809. The number of rotatable bonds is 4. The van der Waals surface area contributed by atoms with E-state index in [2.05, 4.69) is 6.07 Å². The van der Waals surface area contributed by atoms with Gasteiger partial charge in [-0.3, -0.25) is 9.69 Å². The molecule has 2 N–H and O–H groups in total. The number of anilines is 1. The monoisotopic (exact) mass is 447 g/mol. The molecule has 0 fully saturated rings. The second-order valence-electron chi connectivity index (χ2n) is 9.05. The van der Waals surface area contributed by atoms with Crippen LogP contribution in [0.4, 0.5) is 10.1 Å². The van der Waals surface area contributed by atoms with Crippen LogP contribution >= 0.6 is 0 Å². The highest BCUT2D eigenvalue weighted by atomic mass is 19.1. The molecule has 0 radical (unpaired) electrons. The Kier molecular flexibility index (Phi) is 5.62. The highest BCUT2D eigenvalue weighted by molar-refractivity contribution is 6.01. The first-order chi connectivity index (χ1) is 15.7. The molecule has 1 atom stereocenters. The number of nitrogens with zero attached hydrogens (tertiary/aromatic N) is 2. The van der Waals surface area contributed by atoms with Gasteiger partial charge in [-0.1, -0.05) is 32.0 Å². The van der Waals surface area contributed by atoms with E-state index in [-0.39, 0.29) is 28.3 Å². The Hall–Kier alpha value is -3.79. The van der Waals surface area contributed by atoms with Crippen molar-refractivity contribution in [2.24, 2.45) is 11.1 Å². The highest BCUT2D eigenvalue weighted by Gasteiger charge is 2.45. The van der Waals surface area contributed by atoms with E-state index < -0.39 is 11.7 Å². The predicted octanol–water partition coefficient (Wildman–Crippen LogP) is 4.78. The summed E-state index contributed by atoms with van der Waals surface area (Å²) < 4.78 is 25.7. The third-order valence-corrected chi connectivity index (χ3v) is 6.22. The lowest BCUT2D eigenvalue weighted by Crippen LogP contribution is -2.42. The first-order valence-electron chi connectivity index (χ1n) is 10.6. The van der Waals surface area contributed by atoms with Crippen LogP contribution in [0.3, 0.4) is 0 Å². The zero-order valence-corrected chi connectivity index (χ0v) is 19.1. The van der Waals surface area contributed by atoms with Crippen molar-refractivity contribution in [1.29, 1.82) is 5.26 Å². The molecule has 4 rings (SSSR count). The van der Waals surface area contributed by atoms with E-state index in [1.54, 1.807) is 41.3 Å². The Bertz CT molecular complexity index is 1240. The number of benzene rings is 2. The highest BCUT2D eigenvalue weighted by Crippen LogP contribution is 2.51. The number of carbonyl (C=O) groups excluding carboxylic acids is 1. The molecule has 170 valence electrons. The van der Waals surface area contributed by atoms with Crippen molar-refractivity contribution in [3.8, 4) is 17.6 Å². The Morgan fingerprint density at radius 3 is 2.45 bits per heavy atom. The number of para-hydroxylation sites is 1. The van der Waals surface area contributed by atoms with Gasteiger partial charge in [-0.25, -0.2) is 4.39 Å². The van der Waals surface area contributed by atoms with E-state index in [1.165, 1.54) is 20.3 Å². The Labute approximate surface area is 192 Å². The SMILES string of the molecule is COc1ccc([C@@H]2C(C#N)=C(N)N(c3ccccc3F)C3=C2C(=O)CC(C)(C)C3)cc1OC. The molecule has 2 aromatic rings. The molecule has 2 aromatic carbocycles. The van der Waals surface area contributed by atoms with Gasteiger partial charge in [-0.15, -0.1) is 0 Å². The standard InChI is InChI=1S/C26H26FN3O3/c1-26(2)12-19-24(20(31)13-26)23(15-9-10-21(32-3)22(11-15)33-4)16(14-28)25(29)30(19)18-8-6-5-7-17(18)27/h5-11,23H,12-13,29H2,1-4H3/t23-/m1/s1. The van der Waals surface area contributed by atoms with Crippen LogP contribution in [0.15, 0.2) is 65.1 Å². The first-order valence-corrected chi connectivity index (χ1v) is 10.6. The zero-order valence-electron chi connectivity index (χ0n) is 19.1. The molecule has 6 nitrogen and oxygen atoms in total. The van der Waals surface area contributed by atoms with Crippen LogP contribution in [0.1, 0.15) is 38.2 Å². The van der Waals surface area contributed by atoms with Crippen LogP contribution in [0, 0.1) is 22.6 Å². The number of methoxy groups -OCH3 is 2. The van der Waals surface area contributed by atoms with Crippen LogP contribution in [-0.2, 0) is 4.79 Å². The Morgan fingerprint density at radius 2 is 1.82 bits per heavy atom. The average Bonchev–Trinajstić information content (AvgIpc) is 2.78. The van der Waals surface area contributed by atoms with Gasteiger partial charge in [0.2, 0.25) is 0 Å². The van der Waals surface area contributed by atoms with Crippen molar-refractivity contribution in [1.82, 2.24) is 0 Å². The number of allylic oxidation sites excluding steroid dienone is 3. The molecule has 0 bridgehead atoms. The maximum Gasteiger partial charge on any atom is 0.162 e. The molecule has 7 heteroatoms. The van der Waals surface area contributed by atoms with Gasteiger partial charge in [0, 0.05) is 17.7 Å². The van der Waals surface area contributed by atoms with Gasteiger partial charge in [0.1, 0.15) is 11.6 Å². The minimum Gasteiger partial charge on any atom is -0.493 e. The van der Waals surface area contributed by atoms with Crippen LogP contribution in [0.2, 0.25) is 0 Å². The van der Waals surface area contributed by atoms with Gasteiger partial charge in [0.05, 0.1) is 37.5 Å². The fourth-order valence-electron chi connectivity index (χ4n) is 4.78. The lowest BCUT2D eigenvalue weighted by molar-refractivity contribution is -0.118. The summed E-state index contributed by atoms with van der Waals surface area (Å²) in [6.45, 7) is 4.00. The number of ketones is 1. The lowest BCUT2D eigenvalue weighted by atomic mass is 9.68. The van der Waals surface area contributed by atoms with Crippen LogP contribution in [0.5, 0.6) is 11.5 Å². The number of nitriles is 1. The molecule has 0 saturated heterocycles. The largest absolute Gasteiger partial charge is 0.493 e. The minimum atomic E-state index is -0.684. The van der Waals surface area contributed by atoms with E-state index >= 15 is 0 Å². The average molecular weight is 448 g/mol. The topological polar surface area (TPSA) is 88.6 Å². The molecule has 33 heavy (non-hydrogen) atoms. The number of Topliss-reactive ketones (excluding diaryl/α,β-unsaturated/α-hetero) is 1. The molecule has 1 aliphatic carbocycles. The third kappa shape index (κ3) is 3.72. The first kappa shape index (κ1) is 22.4. The van der Waals surface area contributed by atoms with Crippen molar-refractivity contribution >= 4 is 11.5 Å². The summed E-state index contributed by atoms with van der Waals surface area (Å²) in [6.07, 6.45) is 0.824. The van der Waals surface area contributed by atoms with Crippen molar-refractivity contribution in [2.75, 3.05) is 19.1 Å². The second kappa shape index (κ2) is 8.28. The fourth-order valence-corrected chi connectivity index (χ4v) is 4.78. The third-order valence-electron chi connectivity index (χ3n) is 6.22. The molecule has 1 heterocycles. The summed E-state index contributed by atoms with van der Waals surface area (Å²) in [4.78, 5) is 15.1. The summed E-state index contributed by atoms with van der Waals surface area (Å²) in [5, 5.41) is 10.1. The smallest absolute Gasteiger partial charge is 0.162 e. The maximum atomic E-state index is 14.9. The second-order valence-corrected chi connectivity index (χ2v) is 9.05. The van der Waals surface area contributed by atoms with Crippen LogP contribution in [0.25, 0.3) is 0 Å². The van der Waals surface area contributed by atoms with E-state index in [9.17, 15) is 14.4 Å². The number of hydrogen-bond acceptors (Lipinski definition) is 6. The summed E-state index contributed by atoms with van der Waals surface area (Å²) in [6, 6.07) is 13.7. The summed E-state index contributed by atoms with van der Waals surface area (Å²) in [7, 11) is 3.06. The number of nitrogens with two attached hydrogens (primary N) is 1. The zero-order chi connectivity index (χ0) is 23.9. The molecule has 0 aromatic heterocycles. The number of halogens is 1. The number of carbonyl (C=O) groups is 1. The number of ether oxygens (including phenoxy) is 2. The van der Waals surface area contributed by atoms with E-state index in [4.69, 9.17) is 15.2 Å². The summed E-state index contributed by atoms with van der Waals surface area (Å²) >= 11 is 0. The maximum absolute atomic E-state index is 14.9. The van der Waals surface area contributed by atoms with Crippen molar-refractivity contribution in [3.63, 3.8) is 0 Å². The number of hydrogen-bond donors (Lipinski definition) is 1. The van der Waals surface area contributed by atoms with E-state index in [0.29, 0.717) is 41.2 Å². The van der Waals surface area contributed by atoms with Crippen molar-refractivity contribution in [3.05, 3.63) is 76.5 Å². The van der Waals surface area contributed by atoms with Gasteiger partial charge in [0.15, 0.2) is 17.3 Å². The molecule has 1 aliphatic heterocycles. The summed E-state index contributed by atoms with van der Waals surface area (Å²) in [5.74, 6) is -0.116. The predicted molar refractivity (Wildman–Crippen MR) is 123 cm³/mol. The van der Waals surface area contributed by atoms with Crippen molar-refractivity contribution in [2.45, 2.75) is 32.6 Å². The van der Waals surface area contributed by atoms with E-state index in [1.807, 2.05) is 13.8 Å². The molecule has 2 aliphatic rings. The molecule has 0 amide bonds. The van der Waals surface area contributed by atoms with Gasteiger partial charge in [-0.05, 0) is 41.7 Å². The lowest BCUT2D eigenvalue weighted by Gasteiger charge is -2.43. The quantitative estimate of drug-likeness (QED) is 0.725. The van der Waals surface area contributed by atoms with E-state index in [0.717, 1.165) is 0 Å². The molecule has 0 saturated carbocycles. The Balaban J connectivity index is 2.01. The molecular formula is C26H26FN3O3. The molecule has 0 unspecified atom stereocenters.